The van der Waals surface area contributed by atoms with Crippen LogP contribution >= 0.6 is 0 Å². The van der Waals surface area contributed by atoms with E-state index in [0.29, 0.717) is 12.0 Å². The number of unbranched alkanes of at least 4 members (excludes halogenated alkanes) is 2. The third-order valence-corrected chi connectivity index (χ3v) is 2.48. The van der Waals surface area contributed by atoms with Crippen LogP contribution in [0.2, 0.25) is 0 Å². The van der Waals surface area contributed by atoms with Crippen LogP contribution in [-0.4, -0.2) is 30.3 Å². The Morgan fingerprint density at radius 1 is 1.20 bits per heavy atom. The second-order valence-electron chi connectivity index (χ2n) is 3.73. The van der Waals surface area contributed by atoms with E-state index in [0.717, 1.165) is 19.3 Å². The number of Topliss-reactive ketones (excluding diaryl/α,β-unsaturated/α-hetero) is 1. The van der Waals surface area contributed by atoms with Crippen molar-refractivity contribution in [2.75, 3.05) is 7.11 Å². The molecule has 1 aromatic rings. The Balaban J connectivity index is -0.000000320. The summed E-state index contributed by atoms with van der Waals surface area (Å²) in [6.45, 7) is 2.08. The number of halogens is 4. The van der Waals surface area contributed by atoms with E-state index in [1.54, 1.807) is 6.07 Å². The molecule has 0 heterocycles. The number of carbonyl (C=O) groups is 1. The molecule has 112 valence electrons. The Bertz CT molecular complexity index is 379. The van der Waals surface area contributed by atoms with E-state index < -0.39 is 5.82 Å². The van der Waals surface area contributed by atoms with Crippen molar-refractivity contribution >= 4 is 23.1 Å². The number of hydrogen-bond acceptors (Lipinski definition) is 2. The smallest absolute Gasteiger partial charge is 1.00 e. The quantitative estimate of drug-likeness (QED) is 0.288. The number of hydrogen-bond donors (Lipinski definition) is 0. The molecule has 0 atom stereocenters. The number of carbonyl (C=O) groups excluding carboxylic acids is 1. The minimum atomic E-state index is -0.483. The molecule has 0 aliphatic carbocycles. The van der Waals surface area contributed by atoms with Crippen molar-refractivity contribution in [3.63, 3.8) is 0 Å². The fourth-order valence-corrected chi connectivity index (χ4v) is 1.52. The largest absolute Gasteiger partial charge is 3.00 e. The van der Waals surface area contributed by atoms with E-state index in [-0.39, 0.29) is 66.1 Å². The molecule has 0 N–H and O–H groups in total. The molecular formula is C13H17AlCl3FO2. The molecule has 0 amide bonds. The van der Waals surface area contributed by atoms with Crippen molar-refractivity contribution in [3.8, 4) is 5.75 Å². The van der Waals surface area contributed by atoms with Gasteiger partial charge < -0.3 is 42.0 Å². The van der Waals surface area contributed by atoms with Gasteiger partial charge in [-0.1, -0.05) is 19.8 Å². The fraction of sp³-hybridized carbons (Fsp3) is 0.462. The second kappa shape index (κ2) is 15.4. The van der Waals surface area contributed by atoms with Gasteiger partial charge in [0.05, 0.1) is 7.11 Å². The van der Waals surface area contributed by atoms with E-state index in [2.05, 4.69) is 6.92 Å². The number of rotatable bonds is 6. The predicted molar refractivity (Wildman–Crippen MR) is 67.2 cm³/mol. The molecule has 0 saturated carbocycles. The molecule has 0 spiro atoms. The Morgan fingerprint density at radius 2 is 1.80 bits per heavy atom. The summed E-state index contributed by atoms with van der Waals surface area (Å²) >= 11 is 0. The SMILES string of the molecule is CCCCCC(=O)c1ccc(OC)c(F)c1.[Al+3].[Cl-].[Cl-].[Cl-]. The molecule has 0 aliphatic rings. The topological polar surface area (TPSA) is 26.3 Å². The fourth-order valence-electron chi connectivity index (χ4n) is 1.52. The molecule has 0 aliphatic heterocycles. The third-order valence-electron chi connectivity index (χ3n) is 2.48. The molecule has 0 fully saturated rings. The van der Waals surface area contributed by atoms with Crippen LogP contribution in [-0.2, 0) is 0 Å². The van der Waals surface area contributed by atoms with Gasteiger partial charge in [-0.05, 0) is 24.6 Å². The van der Waals surface area contributed by atoms with E-state index in [9.17, 15) is 9.18 Å². The van der Waals surface area contributed by atoms with Crippen LogP contribution in [0.15, 0.2) is 18.2 Å². The third kappa shape index (κ3) is 9.05. The van der Waals surface area contributed by atoms with Crippen LogP contribution in [0.3, 0.4) is 0 Å². The summed E-state index contributed by atoms with van der Waals surface area (Å²) < 4.78 is 18.1. The zero-order valence-corrected chi connectivity index (χ0v) is 14.9. The van der Waals surface area contributed by atoms with Gasteiger partial charge in [-0.2, -0.15) is 0 Å². The molecule has 1 aromatic carbocycles. The van der Waals surface area contributed by atoms with E-state index in [4.69, 9.17) is 4.74 Å². The molecule has 2 nitrogen and oxygen atoms in total. The van der Waals surface area contributed by atoms with Gasteiger partial charge in [-0.25, -0.2) is 4.39 Å². The van der Waals surface area contributed by atoms with Crippen molar-refractivity contribution in [3.05, 3.63) is 29.6 Å². The predicted octanol–water partition coefficient (Wildman–Crippen LogP) is -5.77. The van der Waals surface area contributed by atoms with Crippen LogP contribution in [0.25, 0.3) is 0 Å². The summed E-state index contributed by atoms with van der Waals surface area (Å²) in [5.41, 5.74) is 0.425. The van der Waals surface area contributed by atoms with Crippen LogP contribution in [0.5, 0.6) is 5.75 Å². The summed E-state index contributed by atoms with van der Waals surface area (Å²) in [5, 5.41) is 0. The van der Waals surface area contributed by atoms with Gasteiger partial charge in [0.2, 0.25) is 0 Å². The first-order chi connectivity index (χ1) is 7.69. The minimum absolute atomic E-state index is 0. The normalized spacial score (nSPS) is 8.15. The minimum Gasteiger partial charge on any atom is -1.00 e. The molecule has 0 saturated heterocycles. The molecule has 0 unspecified atom stereocenters. The first-order valence-corrected chi connectivity index (χ1v) is 5.55. The molecule has 0 radical (unpaired) electrons. The Kier molecular flexibility index (Phi) is 21.7. The van der Waals surface area contributed by atoms with Crippen LogP contribution < -0.4 is 42.0 Å². The van der Waals surface area contributed by atoms with Crippen LogP contribution in [0, 0.1) is 5.82 Å². The Hall–Kier alpha value is 0.0225. The molecular weight excluding hydrogens is 340 g/mol. The Morgan fingerprint density at radius 3 is 2.25 bits per heavy atom. The van der Waals surface area contributed by atoms with Gasteiger partial charge in [-0.3, -0.25) is 4.79 Å². The Labute approximate surface area is 149 Å². The van der Waals surface area contributed by atoms with E-state index >= 15 is 0 Å². The van der Waals surface area contributed by atoms with Gasteiger partial charge in [-0.15, -0.1) is 0 Å². The van der Waals surface area contributed by atoms with Crippen molar-refractivity contribution in [1.29, 1.82) is 0 Å². The van der Waals surface area contributed by atoms with Gasteiger partial charge in [0.1, 0.15) is 0 Å². The molecule has 0 aromatic heterocycles. The average Bonchev–Trinajstić information content (AvgIpc) is 2.29. The molecule has 20 heavy (non-hydrogen) atoms. The molecule has 0 bridgehead atoms. The maximum Gasteiger partial charge on any atom is 3.00 e. The molecule has 1 rings (SSSR count). The van der Waals surface area contributed by atoms with Gasteiger partial charge >= 0.3 is 17.4 Å². The maximum atomic E-state index is 13.3. The molecule has 7 heteroatoms. The summed E-state index contributed by atoms with van der Waals surface area (Å²) in [6, 6.07) is 4.34. The first-order valence-electron chi connectivity index (χ1n) is 5.55. The number of methoxy groups -OCH3 is 1. The second-order valence-corrected chi connectivity index (χ2v) is 3.73. The summed E-state index contributed by atoms with van der Waals surface area (Å²) in [6.07, 6.45) is 3.46. The summed E-state index contributed by atoms with van der Waals surface area (Å²) in [7, 11) is 1.40. The van der Waals surface area contributed by atoms with E-state index in [1.165, 1.54) is 19.2 Å². The van der Waals surface area contributed by atoms with Crippen LogP contribution in [0.4, 0.5) is 4.39 Å². The number of ether oxygens (including phenoxy) is 1. The van der Waals surface area contributed by atoms with Gasteiger partial charge in [0.25, 0.3) is 0 Å². The first kappa shape index (κ1) is 28.2. The maximum absolute atomic E-state index is 13.3. The summed E-state index contributed by atoms with van der Waals surface area (Å²) in [4.78, 5) is 11.7. The van der Waals surface area contributed by atoms with Crippen LogP contribution in [0.1, 0.15) is 43.0 Å². The monoisotopic (exact) mass is 356 g/mol. The van der Waals surface area contributed by atoms with Gasteiger partial charge in [0, 0.05) is 12.0 Å². The standard InChI is InChI=1S/C13H17FO2.Al.3ClH/c1-3-4-5-6-12(15)10-7-8-13(16-2)11(14)9-10;;;;/h7-9H,3-6H2,1-2H3;;3*1H/q;+3;;;/p-3. The number of ketones is 1. The van der Waals surface area contributed by atoms with E-state index in [1.807, 2.05) is 0 Å². The zero-order valence-electron chi connectivity index (χ0n) is 11.5. The van der Waals surface area contributed by atoms with Gasteiger partial charge in [0.15, 0.2) is 17.3 Å². The zero-order chi connectivity index (χ0) is 12.0. The van der Waals surface area contributed by atoms with Crippen molar-refractivity contribution in [2.45, 2.75) is 32.6 Å². The van der Waals surface area contributed by atoms with Crippen molar-refractivity contribution < 1.29 is 51.1 Å². The number of benzene rings is 1. The van der Waals surface area contributed by atoms with Crippen molar-refractivity contribution in [1.82, 2.24) is 0 Å². The summed E-state index contributed by atoms with van der Waals surface area (Å²) in [5.74, 6) is -0.316. The average molecular weight is 358 g/mol. The van der Waals surface area contributed by atoms with Crippen molar-refractivity contribution in [2.24, 2.45) is 0 Å².